The number of nitrogens with one attached hydrogen (secondary N) is 1. The fourth-order valence-electron chi connectivity index (χ4n) is 2.57. The quantitative estimate of drug-likeness (QED) is 0.898. The van der Waals surface area contributed by atoms with E-state index in [4.69, 9.17) is 0 Å². The van der Waals surface area contributed by atoms with Crippen LogP contribution in [0.4, 0.5) is 5.69 Å². The molecule has 2 aliphatic rings. The van der Waals surface area contributed by atoms with E-state index in [1.54, 1.807) is 0 Å². The predicted molar refractivity (Wildman–Crippen MR) is 81.5 cm³/mol. The van der Waals surface area contributed by atoms with Gasteiger partial charge in [0.2, 0.25) is 15.9 Å². The summed E-state index contributed by atoms with van der Waals surface area (Å²) in [5, 5.41) is 2.73. The van der Waals surface area contributed by atoms with Gasteiger partial charge >= 0.3 is 0 Å². The summed E-state index contributed by atoms with van der Waals surface area (Å²) in [4.78, 5) is 12.2. The Morgan fingerprint density at radius 1 is 1.29 bits per heavy atom. The molecule has 0 atom stereocenters. The number of benzene rings is 1. The van der Waals surface area contributed by atoms with Crippen LogP contribution in [0, 0.1) is 5.92 Å². The monoisotopic (exact) mass is 308 g/mol. The third-order valence-electron chi connectivity index (χ3n) is 4.18. The molecule has 1 aliphatic carbocycles. The van der Waals surface area contributed by atoms with Gasteiger partial charge in [0.05, 0.1) is 11.2 Å². The molecule has 2 fully saturated rings. The molecular weight excluding hydrogens is 288 g/mol. The Morgan fingerprint density at radius 3 is 2.57 bits per heavy atom. The summed E-state index contributed by atoms with van der Waals surface area (Å²) >= 11 is 0. The maximum atomic E-state index is 12.2. The van der Waals surface area contributed by atoms with Gasteiger partial charge in [-0.2, -0.15) is 4.31 Å². The van der Waals surface area contributed by atoms with E-state index >= 15 is 0 Å². The predicted octanol–water partition coefficient (Wildman–Crippen LogP) is 1.61. The second kappa shape index (κ2) is 5.42. The summed E-state index contributed by atoms with van der Waals surface area (Å²) in [5.74, 6) is -0.318. The molecule has 1 saturated heterocycles. The number of para-hydroxylation sites is 1. The van der Waals surface area contributed by atoms with E-state index in [-0.39, 0.29) is 17.1 Å². The normalized spacial score (nSPS) is 20.0. The molecule has 5 nitrogen and oxygen atoms in total. The van der Waals surface area contributed by atoms with Gasteiger partial charge in [-0.25, -0.2) is 8.42 Å². The molecule has 0 spiro atoms. The maximum absolute atomic E-state index is 12.2. The van der Waals surface area contributed by atoms with Gasteiger partial charge in [0.1, 0.15) is 0 Å². The molecule has 0 bridgehead atoms. The molecular formula is C15H20N2O3S. The molecule has 0 radical (unpaired) electrons. The average Bonchev–Trinajstić information content (AvgIpc) is 3.21. The van der Waals surface area contributed by atoms with Crippen LogP contribution in [0.5, 0.6) is 0 Å². The molecule has 1 aromatic carbocycles. The molecule has 1 N–H and O–H groups in total. The fourth-order valence-corrected chi connectivity index (χ4v) is 4.50. The summed E-state index contributed by atoms with van der Waals surface area (Å²) in [6, 6.07) is 7.70. The molecule has 1 saturated carbocycles. The zero-order valence-corrected chi connectivity index (χ0v) is 12.9. The smallest absolute Gasteiger partial charge is 0.230 e. The Labute approximate surface area is 125 Å². The standard InChI is InChI=1S/C15H20N2O3S/c1-2-11-5-3-4-6-14(11)16-15(18)12-9-17(10-12)21(19,20)13-7-8-13/h3-6,12-13H,2,7-10H2,1H3,(H,16,18). The zero-order valence-electron chi connectivity index (χ0n) is 12.1. The van der Waals surface area contributed by atoms with Crippen molar-refractivity contribution in [1.82, 2.24) is 4.31 Å². The van der Waals surface area contributed by atoms with Crippen molar-refractivity contribution in [2.45, 2.75) is 31.4 Å². The van der Waals surface area contributed by atoms with E-state index in [1.165, 1.54) is 4.31 Å². The average molecular weight is 308 g/mol. The number of carbonyl (C=O) groups is 1. The van der Waals surface area contributed by atoms with Gasteiger partial charge in [-0.3, -0.25) is 4.79 Å². The van der Waals surface area contributed by atoms with Crippen LogP contribution < -0.4 is 5.32 Å². The molecule has 1 aliphatic heterocycles. The summed E-state index contributed by atoms with van der Waals surface area (Å²) in [5.41, 5.74) is 1.92. The van der Waals surface area contributed by atoms with E-state index < -0.39 is 10.0 Å². The van der Waals surface area contributed by atoms with E-state index in [0.717, 1.165) is 30.5 Å². The van der Waals surface area contributed by atoms with Crippen molar-refractivity contribution in [3.05, 3.63) is 29.8 Å². The summed E-state index contributed by atoms with van der Waals surface area (Å²) < 4.78 is 25.4. The first-order valence-electron chi connectivity index (χ1n) is 7.40. The highest BCUT2D eigenvalue weighted by atomic mass is 32.2. The van der Waals surface area contributed by atoms with E-state index in [1.807, 2.05) is 31.2 Å². The minimum Gasteiger partial charge on any atom is -0.326 e. The summed E-state index contributed by atoms with van der Waals surface area (Å²) in [6.07, 6.45) is 2.38. The third-order valence-corrected chi connectivity index (χ3v) is 6.51. The highest BCUT2D eigenvalue weighted by molar-refractivity contribution is 7.90. The number of hydrogen-bond donors (Lipinski definition) is 1. The Morgan fingerprint density at radius 2 is 1.95 bits per heavy atom. The lowest BCUT2D eigenvalue weighted by atomic mass is 10.0. The fraction of sp³-hybridized carbons (Fsp3) is 0.533. The zero-order chi connectivity index (χ0) is 15.0. The molecule has 0 aromatic heterocycles. The van der Waals surface area contributed by atoms with Crippen molar-refractivity contribution >= 4 is 21.6 Å². The number of anilines is 1. The van der Waals surface area contributed by atoms with E-state index in [2.05, 4.69) is 5.32 Å². The van der Waals surface area contributed by atoms with Crippen LogP contribution in [0.3, 0.4) is 0 Å². The van der Waals surface area contributed by atoms with E-state index in [9.17, 15) is 13.2 Å². The molecule has 114 valence electrons. The van der Waals surface area contributed by atoms with Gasteiger partial charge in [-0.15, -0.1) is 0 Å². The van der Waals surface area contributed by atoms with Crippen LogP contribution in [0.1, 0.15) is 25.3 Å². The summed E-state index contributed by atoms with van der Waals surface area (Å²) in [7, 11) is -3.13. The van der Waals surface area contributed by atoms with Crippen LogP contribution in [-0.2, 0) is 21.2 Å². The number of nitrogens with zero attached hydrogens (tertiary/aromatic N) is 1. The molecule has 3 rings (SSSR count). The van der Waals surface area contributed by atoms with Gasteiger partial charge in [0, 0.05) is 18.8 Å². The van der Waals surface area contributed by atoms with Gasteiger partial charge in [0.25, 0.3) is 0 Å². The molecule has 1 aromatic rings. The topological polar surface area (TPSA) is 66.5 Å². The number of hydrogen-bond acceptors (Lipinski definition) is 3. The van der Waals surface area contributed by atoms with Crippen molar-refractivity contribution in [3.63, 3.8) is 0 Å². The maximum Gasteiger partial charge on any atom is 0.230 e. The van der Waals surface area contributed by atoms with Gasteiger partial charge in [-0.05, 0) is 30.9 Å². The van der Waals surface area contributed by atoms with Crippen LogP contribution >= 0.6 is 0 Å². The largest absolute Gasteiger partial charge is 0.326 e. The minimum absolute atomic E-state index is 0.0850. The molecule has 21 heavy (non-hydrogen) atoms. The number of rotatable bonds is 5. The van der Waals surface area contributed by atoms with Crippen molar-refractivity contribution in [3.8, 4) is 0 Å². The second-order valence-corrected chi connectivity index (χ2v) is 7.97. The number of sulfonamides is 1. The molecule has 0 unspecified atom stereocenters. The highest BCUT2D eigenvalue weighted by Gasteiger charge is 2.46. The first kappa shape index (κ1) is 14.5. The summed E-state index contributed by atoms with van der Waals surface area (Å²) in [6.45, 7) is 2.68. The first-order chi connectivity index (χ1) is 10.0. The lowest BCUT2D eigenvalue weighted by Crippen LogP contribution is -2.55. The van der Waals surface area contributed by atoms with Crippen molar-refractivity contribution in [1.29, 1.82) is 0 Å². The molecule has 1 amide bonds. The Balaban J connectivity index is 1.58. The SMILES string of the molecule is CCc1ccccc1NC(=O)C1CN(S(=O)(=O)C2CC2)C1. The number of carbonyl (C=O) groups excluding carboxylic acids is 1. The Kier molecular flexibility index (Phi) is 3.75. The third kappa shape index (κ3) is 2.82. The van der Waals surface area contributed by atoms with Crippen LogP contribution in [0.25, 0.3) is 0 Å². The minimum atomic E-state index is -3.13. The first-order valence-corrected chi connectivity index (χ1v) is 8.90. The van der Waals surface area contributed by atoms with Crippen molar-refractivity contribution in [2.24, 2.45) is 5.92 Å². The van der Waals surface area contributed by atoms with Gasteiger partial charge in [0.15, 0.2) is 0 Å². The highest BCUT2D eigenvalue weighted by Crippen LogP contribution is 2.34. The molecule has 6 heteroatoms. The van der Waals surface area contributed by atoms with Crippen molar-refractivity contribution < 1.29 is 13.2 Å². The molecule has 1 heterocycles. The lowest BCUT2D eigenvalue weighted by Gasteiger charge is -2.37. The lowest BCUT2D eigenvalue weighted by molar-refractivity contribution is -0.122. The number of aryl methyl sites for hydroxylation is 1. The second-order valence-electron chi connectivity index (χ2n) is 5.76. The number of amides is 1. The Hall–Kier alpha value is -1.40. The van der Waals surface area contributed by atoms with Gasteiger partial charge < -0.3 is 5.32 Å². The van der Waals surface area contributed by atoms with Crippen LogP contribution in [0.2, 0.25) is 0 Å². The van der Waals surface area contributed by atoms with Crippen LogP contribution in [0.15, 0.2) is 24.3 Å². The van der Waals surface area contributed by atoms with Gasteiger partial charge in [-0.1, -0.05) is 25.1 Å². The van der Waals surface area contributed by atoms with Crippen LogP contribution in [-0.4, -0.2) is 37.0 Å². The Bertz CT molecular complexity index is 647. The van der Waals surface area contributed by atoms with E-state index in [0.29, 0.717) is 13.1 Å². The van der Waals surface area contributed by atoms with Crippen molar-refractivity contribution in [2.75, 3.05) is 18.4 Å².